The van der Waals surface area contributed by atoms with Crippen LogP contribution in [0.5, 0.6) is 0 Å². The number of amides is 1. The van der Waals surface area contributed by atoms with E-state index in [0.29, 0.717) is 5.69 Å². The molecule has 1 amide bonds. The minimum Gasteiger partial charge on any atom is -0.399 e. The van der Waals surface area contributed by atoms with Crippen molar-refractivity contribution in [3.8, 4) is 16.9 Å². The summed E-state index contributed by atoms with van der Waals surface area (Å²) in [4.78, 5) is 15.6. The highest BCUT2D eigenvalue weighted by atomic mass is 16.1. The fourth-order valence-corrected chi connectivity index (χ4v) is 2.26. The standard InChI is InChI=1S/C17H16N4O/c1-12(22)20-15-6-3-7-16(9-15)21-10-17(19-11-21)13-4-2-5-14(18)8-13/h2-11H,18H2,1H3,(H,20,22). The lowest BCUT2D eigenvalue weighted by Gasteiger charge is -2.06. The van der Waals surface area contributed by atoms with E-state index in [1.807, 2.05) is 59.3 Å². The second kappa shape index (κ2) is 5.73. The number of hydrogen-bond donors (Lipinski definition) is 2. The molecule has 1 heterocycles. The molecule has 0 aliphatic heterocycles. The summed E-state index contributed by atoms with van der Waals surface area (Å²) in [6.07, 6.45) is 3.67. The molecule has 1 aromatic heterocycles. The lowest BCUT2D eigenvalue weighted by atomic mass is 10.1. The van der Waals surface area contributed by atoms with Crippen LogP contribution in [0, 0.1) is 0 Å². The van der Waals surface area contributed by atoms with Gasteiger partial charge in [0, 0.05) is 35.7 Å². The third-order valence-electron chi connectivity index (χ3n) is 3.23. The number of hydrogen-bond acceptors (Lipinski definition) is 3. The molecule has 0 aliphatic rings. The first kappa shape index (κ1) is 13.9. The Bertz CT molecular complexity index is 823. The third-order valence-corrected chi connectivity index (χ3v) is 3.23. The Hall–Kier alpha value is -3.08. The van der Waals surface area contributed by atoms with Crippen molar-refractivity contribution < 1.29 is 4.79 Å². The smallest absolute Gasteiger partial charge is 0.221 e. The van der Waals surface area contributed by atoms with Gasteiger partial charge in [-0.25, -0.2) is 4.98 Å². The van der Waals surface area contributed by atoms with E-state index in [1.165, 1.54) is 6.92 Å². The van der Waals surface area contributed by atoms with Crippen LogP contribution in [-0.4, -0.2) is 15.5 Å². The topological polar surface area (TPSA) is 72.9 Å². The Morgan fingerprint density at radius 3 is 2.77 bits per heavy atom. The maximum absolute atomic E-state index is 11.1. The van der Waals surface area contributed by atoms with Crippen molar-refractivity contribution in [2.24, 2.45) is 0 Å². The van der Waals surface area contributed by atoms with Crippen LogP contribution in [0.25, 0.3) is 16.9 Å². The van der Waals surface area contributed by atoms with E-state index >= 15 is 0 Å². The molecule has 5 nitrogen and oxygen atoms in total. The van der Waals surface area contributed by atoms with E-state index in [2.05, 4.69) is 10.3 Å². The first-order chi connectivity index (χ1) is 10.6. The number of carbonyl (C=O) groups is 1. The molecule has 0 atom stereocenters. The van der Waals surface area contributed by atoms with E-state index in [9.17, 15) is 4.79 Å². The molecule has 0 radical (unpaired) electrons. The highest BCUT2D eigenvalue weighted by molar-refractivity contribution is 5.88. The van der Waals surface area contributed by atoms with Crippen LogP contribution in [0.2, 0.25) is 0 Å². The minimum absolute atomic E-state index is 0.0942. The Balaban J connectivity index is 1.92. The minimum atomic E-state index is -0.0942. The second-order valence-electron chi connectivity index (χ2n) is 5.02. The van der Waals surface area contributed by atoms with E-state index in [4.69, 9.17) is 5.73 Å². The van der Waals surface area contributed by atoms with Gasteiger partial charge < -0.3 is 15.6 Å². The van der Waals surface area contributed by atoms with Crippen LogP contribution in [-0.2, 0) is 4.79 Å². The summed E-state index contributed by atoms with van der Waals surface area (Å²) in [7, 11) is 0. The number of nitrogens with zero attached hydrogens (tertiary/aromatic N) is 2. The number of carbonyl (C=O) groups excluding carboxylic acids is 1. The van der Waals surface area contributed by atoms with Crippen molar-refractivity contribution in [2.45, 2.75) is 6.92 Å². The van der Waals surface area contributed by atoms with Gasteiger partial charge in [-0.2, -0.15) is 0 Å². The fraction of sp³-hybridized carbons (Fsp3) is 0.0588. The van der Waals surface area contributed by atoms with E-state index in [1.54, 1.807) is 6.33 Å². The Labute approximate surface area is 128 Å². The van der Waals surface area contributed by atoms with Gasteiger partial charge in [-0.05, 0) is 30.3 Å². The first-order valence-corrected chi connectivity index (χ1v) is 6.90. The summed E-state index contributed by atoms with van der Waals surface area (Å²) in [6, 6.07) is 15.2. The van der Waals surface area contributed by atoms with Crippen LogP contribution >= 0.6 is 0 Å². The predicted octanol–water partition coefficient (Wildman–Crippen LogP) is 3.08. The van der Waals surface area contributed by atoms with Crippen LogP contribution < -0.4 is 11.1 Å². The molecule has 2 aromatic carbocycles. The fourth-order valence-electron chi connectivity index (χ4n) is 2.26. The average molecular weight is 292 g/mol. The lowest BCUT2D eigenvalue weighted by molar-refractivity contribution is -0.114. The zero-order chi connectivity index (χ0) is 15.5. The number of benzene rings is 2. The van der Waals surface area contributed by atoms with Gasteiger partial charge in [0.05, 0.1) is 12.0 Å². The Morgan fingerprint density at radius 1 is 1.18 bits per heavy atom. The molecule has 5 heteroatoms. The third kappa shape index (κ3) is 2.98. The van der Waals surface area contributed by atoms with Crippen molar-refractivity contribution in [3.63, 3.8) is 0 Å². The van der Waals surface area contributed by atoms with Gasteiger partial charge in [0.2, 0.25) is 5.91 Å². The van der Waals surface area contributed by atoms with E-state index < -0.39 is 0 Å². The normalized spacial score (nSPS) is 10.4. The van der Waals surface area contributed by atoms with Gasteiger partial charge in [-0.15, -0.1) is 0 Å². The summed E-state index contributed by atoms with van der Waals surface area (Å²) in [5, 5.41) is 2.77. The van der Waals surface area contributed by atoms with Crippen LogP contribution in [0.3, 0.4) is 0 Å². The van der Waals surface area contributed by atoms with Gasteiger partial charge in [-0.1, -0.05) is 18.2 Å². The quantitative estimate of drug-likeness (QED) is 0.729. The molecule has 3 rings (SSSR count). The molecular formula is C17H16N4O. The van der Waals surface area contributed by atoms with Crippen molar-refractivity contribution in [1.82, 2.24) is 9.55 Å². The van der Waals surface area contributed by atoms with Gasteiger partial charge in [0.15, 0.2) is 0 Å². The van der Waals surface area contributed by atoms with Crippen molar-refractivity contribution >= 4 is 17.3 Å². The summed E-state index contributed by atoms with van der Waals surface area (Å²) < 4.78 is 1.91. The predicted molar refractivity (Wildman–Crippen MR) is 87.7 cm³/mol. The summed E-state index contributed by atoms with van der Waals surface area (Å²) in [5.74, 6) is -0.0942. The van der Waals surface area contributed by atoms with Gasteiger partial charge in [0.25, 0.3) is 0 Å². The molecule has 0 fully saturated rings. The first-order valence-electron chi connectivity index (χ1n) is 6.90. The van der Waals surface area contributed by atoms with Gasteiger partial charge in [-0.3, -0.25) is 4.79 Å². The number of imidazole rings is 1. The number of anilines is 2. The molecule has 0 spiro atoms. The zero-order valence-corrected chi connectivity index (χ0v) is 12.2. The number of nitrogens with two attached hydrogens (primary N) is 1. The number of aromatic nitrogens is 2. The summed E-state index contributed by atoms with van der Waals surface area (Å²) in [5.41, 5.74) is 10.0. The summed E-state index contributed by atoms with van der Waals surface area (Å²) >= 11 is 0. The number of nitrogens with one attached hydrogen (secondary N) is 1. The zero-order valence-electron chi connectivity index (χ0n) is 12.2. The van der Waals surface area contributed by atoms with Crippen molar-refractivity contribution in [3.05, 3.63) is 61.1 Å². The molecule has 3 N–H and O–H groups in total. The molecular weight excluding hydrogens is 276 g/mol. The molecule has 0 bridgehead atoms. The molecule has 0 saturated carbocycles. The van der Waals surface area contributed by atoms with Crippen molar-refractivity contribution in [1.29, 1.82) is 0 Å². The number of nitrogen functional groups attached to an aromatic ring is 1. The maximum atomic E-state index is 11.1. The Kier molecular flexibility index (Phi) is 3.62. The molecule has 0 aliphatic carbocycles. The van der Waals surface area contributed by atoms with E-state index in [-0.39, 0.29) is 5.91 Å². The highest BCUT2D eigenvalue weighted by Crippen LogP contribution is 2.22. The average Bonchev–Trinajstić information content (AvgIpc) is 2.97. The largest absolute Gasteiger partial charge is 0.399 e. The molecule has 0 saturated heterocycles. The Morgan fingerprint density at radius 2 is 2.00 bits per heavy atom. The van der Waals surface area contributed by atoms with Crippen LogP contribution in [0.15, 0.2) is 61.1 Å². The van der Waals surface area contributed by atoms with Crippen LogP contribution in [0.1, 0.15) is 6.92 Å². The molecule has 3 aromatic rings. The lowest BCUT2D eigenvalue weighted by Crippen LogP contribution is -2.06. The molecule has 0 unspecified atom stereocenters. The van der Waals surface area contributed by atoms with Crippen molar-refractivity contribution in [2.75, 3.05) is 11.1 Å². The maximum Gasteiger partial charge on any atom is 0.221 e. The van der Waals surface area contributed by atoms with E-state index in [0.717, 1.165) is 22.6 Å². The highest BCUT2D eigenvalue weighted by Gasteiger charge is 2.05. The second-order valence-corrected chi connectivity index (χ2v) is 5.02. The van der Waals surface area contributed by atoms with Crippen LogP contribution in [0.4, 0.5) is 11.4 Å². The molecule has 22 heavy (non-hydrogen) atoms. The van der Waals surface area contributed by atoms with Gasteiger partial charge in [0.1, 0.15) is 0 Å². The van der Waals surface area contributed by atoms with Gasteiger partial charge >= 0.3 is 0 Å². The summed E-state index contributed by atoms with van der Waals surface area (Å²) in [6.45, 7) is 1.49. The number of rotatable bonds is 3. The monoisotopic (exact) mass is 292 g/mol. The SMILES string of the molecule is CC(=O)Nc1cccc(-n2cnc(-c3cccc(N)c3)c2)c1. The molecule has 110 valence electrons.